The molecule has 0 saturated carbocycles. The molecule has 0 aliphatic rings. The van der Waals surface area contributed by atoms with E-state index in [2.05, 4.69) is 4.98 Å². The molecule has 2 aromatic rings. The number of carbonyl (C=O) groups excluding carboxylic acids is 1. The lowest BCUT2D eigenvalue weighted by Gasteiger charge is -2.18. The number of carbonyl (C=O) groups is 1. The summed E-state index contributed by atoms with van der Waals surface area (Å²) in [4.78, 5) is 29.2. The van der Waals surface area contributed by atoms with Gasteiger partial charge in [-0.15, -0.1) is 0 Å². The Bertz CT molecular complexity index is 652. The van der Waals surface area contributed by atoms with E-state index < -0.39 is 0 Å². The van der Waals surface area contributed by atoms with Gasteiger partial charge in [-0.2, -0.15) is 0 Å². The maximum atomic E-state index is 12.1. The molecule has 2 heterocycles. The lowest BCUT2D eigenvalue weighted by molar-refractivity contribution is -0.131. The first-order valence-corrected chi connectivity index (χ1v) is 6.15. The fraction of sp³-hybridized carbons (Fsp3) is 0.214. The third-order valence-corrected chi connectivity index (χ3v) is 2.91. The minimum absolute atomic E-state index is 0.0224. The van der Waals surface area contributed by atoms with E-state index in [0.717, 1.165) is 5.56 Å². The Balaban J connectivity index is 2.04. The van der Waals surface area contributed by atoms with Crippen LogP contribution in [0, 0.1) is 0 Å². The van der Waals surface area contributed by atoms with E-state index in [4.69, 9.17) is 5.73 Å². The zero-order chi connectivity index (χ0) is 14.5. The van der Waals surface area contributed by atoms with E-state index in [-0.39, 0.29) is 18.0 Å². The van der Waals surface area contributed by atoms with Crippen molar-refractivity contribution in [2.75, 3.05) is 12.8 Å². The summed E-state index contributed by atoms with van der Waals surface area (Å²) in [6.07, 6.45) is 4.83. The number of anilines is 1. The van der Waals surface area contributed by atoms with Gasteiger partial charge in [0.25, 0.3) is 5.56 Å². The first-order chi connectivity index (χ1) is 9.56. The SMILES string of the molecule is CN(Cc1ccncc1)C(=O)Cn1cc(N)ccc1=O. The number of nitrogens with two attached hydrogens (primary N) is 1. The second-order valence-corrected chi connectivity index (χ2v) is 4.53. The first-order valence-electron chi connectivity index (χ1n) is 6.15. The van der Waals surface area contributed by atoms with Crippen LogP contribution in [0.25, 0.3) is 0 Å². The number of hydrogen-bond donors (Lipinski definition) is 1. The van der Waals surface area contributed by atoms with Crippen LogP contribution in [0.1, 0.15) is 5.56 Å². The van der Waals surface area contributed by atoms with Gasteiger partial charge in [-0.1, -0.05) is 0 Å². The zero-order valence-corrected chi connectivity index (χ0v) is 11.2. The number of hydrogen-bond acceptors (Lipinski definition) is 4. The fourth-order valence-electron chi connectivity index (χ4n) is 1.79. The minimum Gasteiger partial charge on any atom is -0.398 e. The molecular weight excluding hydrogens is 256 g/mol. The highest BCUT2D eigenvalue weighted by atomic mass is 16.2. The standard InChI is InChI=1S/C14H16N4O2/c1-17(8-11-4-6-16-7-5-11)14(20)10-18-9-12(15)2-3-13(18)19/h2-7,9H,8,10,15H2,1H3. The molecule has 6 heteroatoms. The van der Waals surface area contributed by atoms with Crippen molar-refractivity contribution in [1.82, 2.24) is 14.5 Å². The number of pyridine rings is 2. The van der Waals surface area contributed by atoms with E-state index in [1.807, 2.05) is 12.1 Å². The van der Waals surface area contributed by atoms with Crippen molar-refractivity contribution in [3.05, 3.63) is 58.8 Å². The quantitative estimate of drug-likeness (QED) is 0.878. The molecule has 0 radical (unpaired) electrons. The third-order valence-electron chi connectivity index (χ3n) is 2.91. The Labute approximate surface area is 116 Å². The van der Waals surface area contributed by atoms with Crippen molar-refractivity contribution in [2.24, 2.45) is 0 Å². The predicted molar refractivity (Wildman–Crippen MR) is 75.8 cm³/mol. The van der Waals surface area contributed by atoms with Crippen molar-refractivity contribution in [3.63, 3.8) is 0 Å². The molecule has 6 nitrogen and oxygen atoms in total. The number of nitrogens with zero attached hydrogens (tertiary/aromatic N) is 3. The monoisotopic (exact) mass is 272 g/mol. The molecular formula is C14H16N4O2. The number of rotatable bonds is 4. The van der Waals surface area contributed by atoms with Gasteiger partial charge in [0.2, 0.25) is 5.91 Å². The van der Waals surface area contributed by atoms with Gasteiger partial charge in [0.1, 0.15) is 6.54 Å². The molecule has 0 bridgehead atoms. The van der Waals surface area contributed by atoms with Crippen molar-refractivity contribution < 1.29 is 4.79 Å². The summed E-state index contributed by atoms with van der Waals surface area (Å²) in [5.41, 5.74) is 6.80. The van der Waals surface area contributed by atoms with Crippen LogP contribution in [-0.4, -0.2) is 27.4 Å². The van der Waals surface area contributed by atoms with Gasteiger partial charge in [0.05, 0.1) is 0 Å². The van der Waals surface area contributed by atoms with Crippen molar-refractivity contribution in [3.8, 4) is 0 Å². The first kappa shape index (κ1) is 13.8. The summed E-state index contributed by atoms with van der Waals surface area (Å²) >= 11 is 0. The number of amides is 1. The average molecular weight is 272 g/mol. The largest absolute Gasteiger partial charge is 0.398 e. The summed E-state index contributed by atoms with van der Waals surface area (Å²) in [6, 6.07) is 6.56. The molecule has 104 valence electrons. The maximum absolute atomic E-state index is 12.1. The van der Waals surface area contributed by atoms with E-state index in [9.17, 15) is 9.59 Å². The highest BCUT2D eigenvalue weighted by Crippen LogP contribution is 2.03. The van der Waals surface area contributed by atoms with Gasteiger partial charge >= 0.3 is 0 Å². The van der Waals surface area contributed by atoms with Gasteiger partial charge in [-0.25, -0.2) is 0 Å². The van der Waals surface area contributed by atoms with Gasteiger partial charge < -0.3 is 15.2 Å². The molecule has 0 aliphatic carbocycles. The summed E-state index contributed by atoms with van der Waals surface area (Å²) in [5, 5.41) is 0. The molecule has 1 amide bonds. The van der Waals surface area contributed by atoms with Gasteiger partial charge in [-0.3, -0.25) is 14.6 Å². The molecule has 0 unspecified atom stereocenters. The number of aromatic nitrogens is 2. The molecule has 2 N–H and O–H groups in total. The highest BCUT2D eigenvalue weighted by molar-refractivity contribution is 5.75. The van der Waals surface area contributed by atoms with E-state index in [0.29, 0.717) is 12.2 Å². The lowest BCUT2D eigenvalue weighted by Crippen LogP contribution is -2.33. The Kier molecular flexibility index (Phi) is 4.14. The van der Waals surface area contributed by atoms with Crippen LogP contribution in [0.5, 0.6) is 0 Å². The third kappa shape index (κ3) is 3.44. The summed E-state index contributed by atoms with van der Waals surface area (Å²) in [5.74, 6) is -0.158. The molecule has 0 spiro atoms. The van der Waals surface area contributed by atoms with Gasteiger partial charge in [0.15, 0.2) is 0 Å². The van der Waals surface area contributed by atoms with Crippen LogP contribution in [0.3, 0.4) is 0 Å². The smallest absolute Gasteiger partial charge is 0.251 e. The van der Waals surface area contributed by atoms with Crippen molar-refractivity contribution >= 4 is 11.6 Å². The second kappa shape index (κ2) is 6.01. The average Bonchev–Trinajstić information content (AvgIpc) is 2.44. The summed E-state index contributed by atoms with van der Waals surface area (Å²) in [6.45, 7) is 0.448. The normalized spacial score (nSPS) is 10.2. The minimum atomic E-state index is -0.245. The van der Waals surface area contributed by atoms with E-state index in [1.54, 1.807) is 24.3 Å². The van der Waals surface area contributed by atoms with Crippen LogP contribution < -0.4 is 11.3 Å². The van der Waals surface area contributed by atoms with Crippen LogP contribution >= 0.6 is 0 Å². The molecule has 0 atom stereocenters. The lowest BCUT2D eigenvalue weighted by atomic mass is 10.2. The van der Waals surface area contributed by atoms with Crippen LogP contribution in [0.4, 0.5) is 5.69 Å². The Morgan fingerprint density at radius 1 is 1.30 bits per heavy atom. The van der Waals surface area contributed by atoms with Crippen molar-refractivity contribution in [2.45, 2.75) is 13.1 Å². The molecule has 0 saturated heterocycles. The molecule has 2 rings (SSSR count). The highest BCUT2D eigenvalue weighted by Gasteiger charge is 2.11. The summed E-state index contributed by atoms with van der Waals surface area (Å²) in [7, 11) is 1.69. The van der Waals surface area contributed by atoms with Gasteiger partial charge in [-0.05, 0) is 23.8 Å². The van der Waals surface area contributed by atoms with Crippen LogP contribution in [0.15, 0.2) is 47.7 Å². The predicted octanol–water partition coefficient (Wildman–Crippen LogP) is 0.484. The van der Waals surface area contributed by atoms with Crippen molar-refractivity contribution in [1.29, 1.82) is 0 Å². The van der Waals surface area contributed by atoms with Crippen LogP contribution in [-0.2, 0) is 17.9 Å². The molecule has 0 aliphatic heterocycles. The van der Waals surface area contributed by atoms with E-state index in [1.165, 1.54) is 22.9 Å². The maximum Gasteiger partial charge on any atom is 0.251 e. The molecule has 0 aromatic carbocycles. The summed E-state index contributed by atoms with van der Waals surface area (Å²) < 4.78 is 1.31. The molecule has 20 heavy (non-hydrogen) atoms. The van der Waals surface area contributed by atoms with Crippen LogP contribution in [0.2, 0.25) is 0 Å². The fourth-order valence-corrected chi connectivity index (χ4v) is 1.79. The second-order valence-electron chi connectivity index (χ2n) is 4.53. The molecule has 2 aromatic heterocycles. The van der Waals surface area contributed by atoms with Gasteiger partial charge in [0, 0.05) is 43.9 Å². The number of likely N-dealkylation sites (N-methyl/N-ethyl adjacent to an activating group) is 1. The Morgan fingerprint density at radius 2 is 2.00 bits per heavy atom. The number of nitrogen functional groups attached to an aromatic ring is 1. The Hall–Kier alpha value is -2.63. The Morgan fingerprint density at radius 3 is 2.70 bits per heavy atom. The topological polar surface area (TPSA) is 81.2 Å². The molecule has 0 fully saturated rings. The van der Waals surface area contributed by atoms with E-state index >= 15 is 0 Å². The zero-order valence-electron chi connectivity index (χ0n) is 11.2.